The first kappa shape index (κ1) is 22.1. The van der Waals surface area contributed by atoms with Crippen LogP contribution in [0.3, 0.4) is 0 Å². The van der Waals surface area contributed by atoms with Crippen molar-refractivity contribution in [2.75, 3.05) is 0 Å². The predicted octanol–water partition coefficient (Wildman–Crippen LogP) is 9.33. The summed E-state index contributed by atoms with van der Waals surface area (Å²) in [5, 5.41) is 0. The Kier molecular flexibility index (Phi) is 9.32. The summed E-state index contributed by atoms with van der Waals surface area (Å²) in [4.78, 5) is 0. The SMILES string of the molecule is CCCCCCCCCC1CCC(c2ccc(-c3ccc(CC)cc3)cc2)CC1. The lowest BCUT2D eigenvalue weighted by molar-refractivity contribution is 0.302. The molecule has 1 aliphatic rings. The summed E-state index contributed by atoms with van der Waals surface area (Å²) in [7, 11) is 0. The summed E-state index contributed by atoms with van der Waals surface area (Å²) in [5.41, 5.74) is 5.67. The van der Waals surface area contributed by atoms with E-state index < -0.39 is 0 Å². The second-order valence-electron chi connectivity index (χ2n) is 9.30. The van der Waals surface area contributed by atoms with Gasteiger partial charge in [-0.2, -0.15) is 0 Å². The molecule has 0 aliphatic heterocycles. The van der Waals surface area contributed by atoms with Crippen LogP contribution in [-0.4, -0.2) is 0 Å². The van der Waals surface area contributed by atoms with Gasteiger partial charge in [-0.1, -0.05) is 114 Å². The Morgan fingerprint density at radius 3 is 1.76 bits per heavy atom. The fourth-order valence-electron chi connectivity index (χ4n) is 5.06. The molecule has 1 saturated carbocycles. The van der Waals surface area contributed by atoms with Crippen molar-refractivity contribution in [3.63, 3.8) is 0 Å². The molecule has 1 aliphatic carbocycles. The molecule has 0 saturated heterocycles. The Bertz CT molecular complexity index is 671. The monoisotopic (exact) mass is 390 g/mol. The summed E-state index contributed by atoms with van der Waals surface area (Å²) in [6.07, 6.45) is 18.4. The van der Waals surface area contributed by atoms with E-state index >= 15 is 0 Å². The van der Waals surface area contributed by atoms with Crippen LogP contribution in [0.1, 0.15) is 108 Å². The molecule has 0 aromatic heterocycles. The van der Waals surface area contributed by atoms with Gasteiger partial charge in [0.1, 0.15) is 0 Å². The third-order valence-corrected chi connectivity index (χ3v) is 7.14. The topological polar surface area (TPSA) is 0 Å². The smallest absolute Gasteiger partial charge is 0.0162 e. The molecule has 2 aromatic rings. The van der Waals surface area contributed by atoms with Gasteiger partial charge >= 0.3 is 0 Å². The van der Waals surface area contributed by atoms with E-state index in [-0.39, 0.29) is 0 Å². The zero-order chi connectivity index (χ0) is 20.3. The molecular weight excluding hydrogens is 348 g/mol. The Labute approximate surface area is 180 Å². The molecule has 0 heteroatoms. The van der Waals surface area contributed by atoms with Crippen molar-refractivity contribution >= 4 is 0 Å². The van der Waals surface area contributed by atoms with Crippen LogP contribution in [0.4, 0.5) is 0 Å². The maximum atomic E-state index is 2.39. The van der Waals surface area contributed by atoms with Crippen LogP contribution in [0.25, 0.3) is 11.1 Å². The molecule has 2 aromatic carbocycles. The summed E-state index contributed by atoms with van der Waals surface area (Å²) >= 11 is 0. The van der Waals surface area contributed by atoms with Gasteiger partial charge in [0.25, 0.3) is 0 Å². The van der Waals surface area contributed by atoms with E-state index in [9.17, 15) is 0 Å². The zero-order valence-electron chi connectivity index (χ0n) is 19.0. The van der Waals surface area contributed by atoms with E-state index in [4.69, 9.17) is 0 Å². The number of unbranched alkanes of at least 4 members (excludes halogenated alkanes) is 6. The number of benzene rings is 2. The molecule has 29 heavy (non-hydrogen) atoms. The molecule has 158 valence electrons. The molecule has 0 amide bonds. The normalized spacial score (nSPS) is 19.4. The van der Waals surface area contributed by atoms with Gasteiger partial charge in [-0.15, -0.1) is 0 Å². The molecule has 0 bridgehead atoms. The maximum Gasteiger partial charge on any atom is -0.0162 e. The summed E-state index contributed by atoms with van der Waals surface area (Å²) in [6, 6.07) is 18.5. The number of rotatable bonds is 11. The van der Waals surface area contributed by atoms with E-state index in [0.717, 1.165) is 18.3 Å². The summed E-state index contributed by atoms with van der Waals surface area (Å²) in [5.74, 6) is 1.79. The van der Waals surface area contributed by atoms with Crippen molar-refractivity contribution in [1.29, 1.82) is 0 Å². The first-order valence-electron chi connectivity index (χ1n) is 12.5. The third kappa shape index (κ3) is 7.02. The Hall–Kier alpha value is -1.56. The average molecular weight is 391 g/mol. The zero-order valence-corrected chi connectivity index (χ0v) is 19.0. The third-order valence-electron chi connectivity index (χ3n) is 7.14. The molecule has 3 rings (SSSR count). The van der Waals surface area contributed by atoms with Crippen molar-refractivity contribution in [1.82, 2.24) is 0 Å². The second-order valence-corrected chi connectivity index (χ2v) is 9.30. The van der Waals surface area contributed by atoms with Crippen LogP contribution in [0, 0.1) is 5.92 Å². The molecule has 0 nitrogen and oxygen atoms in total. The van der Waals surface area contributed by atoms with Gasteiger partial charge in [0, 0.05) is 0 Å². The van der Waals surface area contributed by atoms with Crippen molar-refractivity contribution in [3.8, 4) is 11.1 Å². The van der Waals surface area contributed by atoms with Gasteiger partial charge in [0.2, 0.25) is 0 Å². The van der Waals surface area contributed by atoms with E-state index in [0.29, 0.717) is 0 Å². The molecule has 0 radical (unpaired) electrons. The van der Waals surface area contributed by atoms with Crippen LogP contribution in [0.15, 0.2) is 48.5 Å². The predicted molar refractivity (Wildman–Crippen MR) is 129 cm³/mol. The maximum absolute atomic E-state index is 2.39. The molecule has 0 spiro atoms. The quantitative estimate of drug-likeness (QED) is 0.335. The van der Waals surface area contributed by atoms with Crippen molar-refractivity contribution < 1.29 is 0 Å². The molecule has 0 unspecified atom stereocenters. The van der Waals surface area contributed by atoms with Gasteiger partial charge < -0.3 is 0 Å². The number of hydrogen-bond donors (Lipinski definition) is 0. The van der Waals surface area contributed by atoms with Crippen LogP contribution >= 0.6 is 0 Å². The average Bonchev–Trinajstić information content (AvgIpc) is 2.79. The highest BCUT2D eigenvalue weighted by atomic mass is 14.3. The fraction of sp³-hybridized carbons (Fsp3) is 0.586. The van der Waals surface area contributed by atoms with Crippen LogP contribution in [0.2, 0.25) is 0 Å². The molecule has 0 heterocycles. The highest BCUT2D eigenvalue weighted by molar-refractivity contribution is 5.64. The van der Waals surface area contributed by atoms with E-state index in [2.05, 4.69) is 62.4 Å². The van der Waals surface area contributed by atoms with Gasteiger partial charge in [-0.25, -0.2) is 0 Å². The Balaban J connectivity index is 1.39. The van der Waals surface area contributed by atoms with Gasteiger partial charge in [-0.05, 0) is 66.2 Å². The van der Waals surface area contributed by atoms with Gasteiger partial charge in [0.15, 0.2) is 0 Å². The molecular formula is C29H42. The Morgan fingerprint density at radius 1 is 0.621 bits per heavy atom. The highest BCUT2D eigenvalue weighted by Gasteiger charge is 2.22. The van der Waals surface area contributed by atoms with E-state index in [1.165, 1.54) is 93.7 Å². The van der Waals surface area contributed by atoms with Gasteiger partial charge in [-0.3, -0.25) is 0 Å². The number of aryl methyl sites for hydroxylation is 1. The van der Waals surface area contributed by atoms with E-state index in [1.54, 1.807) is 5.56 Å². The lowest BCUT2D eigenvalue weighted by Gasteiger charge is -2.29. The first-order valence-corrected chi connectivity index (χ1v) is 12.5. The standard InChI is InChI=1S/C29H42/c1-3-5-6-7-8-9-10-11-25-14-18-27(19-15-25)29-22-20-28(21-23-29)26-16-12-24(4-2)13-17-26/h12-13,16-17,20-23,25,27H,3-11,14-15,18-19H2,1-2H3. The minimum Gasteiger partial charge on any atom is -0.0654 e. The summed E-state index contributed by atoms with van der Waals surface area (Å²) in [6.45, 7) is 4.52. The number of hydrogen-bond acceptors (Lipinski definition) is 0. The van der Waals surface area contributed by atoms with Gasteiger partial charge in [0.05, 0.1) is 0 Å². The van der Waals surface area contributed by atoms with Crippen LogP contribution < -0.4 is 0 Å². The van der Waals surface area contributed by atoms with E-state index in [1.807, 2.05) is 0 Å². The van der Waals surface area contributed by atoms with Crippen LogP contribution in [-0.2, 0) is 6.42 Å². The second kappa shape index (κ2) is 12.2. The first-order chi connectivity index (χ1) is 14.3. The highest BCUT2D eigenvalue weighted by Crippen LogP contribution is 2.38. The minimum atomic E-state index is 0.789. The summed E-state index contributed by atoms with van der Waals surface area (Å²) < 4.78 is 0. The largest absolute Gasteiger partial charge is 0.0654 e. The molecule has 0 N–H and O–H groups in total. The fourth-order valence-corrected chi connectivity index (χ4v) is 5.06. The lowest BCUT2D eigenvalue weighted by atomic mass is 9.77. The lowest BCUT2D eigenvalue weighted by Crippen LogP contribution is -2.13. The minimum absolute atomic E-state index is 0.789. The molecule has 1 fully saturated rings. The van der Waals surface area contributed by atoms with Crippen molar-refractivity contribution in [2.45, 2.75) is 103 Å². The van der Waals surface area contributed by atoms with Crippen molar-refractivity contribution in [3.05, 3.63) is 59.7 Å². The Morgan fingerprint density at radius 2 is 1.17 bits per heavy atom. The molecule has 0 atom stereocenters. The van der Waals surface area contributed by atoms with Crippen LogP contribution in [0.5, 0.6) is 0 Å². The van der Waals surface area contributed by atoms with Crippen molar-refractivity contribution in [2.24, 2.45) is 5.92 Å².